The SMILES string of the molecule is CC(c1ccc(C(C)C2C(Cl)C3(Br)C=CC2(Br)C3)cc1)C1C(Cl)C2(Br)C=CC1(Br)C2. The van der Waals surface area contributed by atoms with Crippen LogP contribution in [0.1, 0.15) is 49.7 Å². The zero-order chi connectivity index (χ0) is 21.7. The normalized spacial score (nSPS) is 50.4. The van der Waals surface area contributed by atoms with E-state index in [1.165, 1.54) is 11.1 Å². The summed E-state index contributed by atoms with van der Waals surface area (Å²) >= 11 is 29.7. The van der Waals surface area contributed by atoms with Crippen LogP contribution < -0.4 is 0 Å². The summed E-state index contributed by atoms with van der Waals surface area (Å²) in [6.45, 7) is 4.62. The summed E-state index contributed by atoms with van der Waals surface area (Å²) in [4.78, 5) is 0. The fraction of sp³-hybridized carbons (Fsp3) is 0.583. The molecular weight excluding hydrogens is 679 g/mol. The molecule has 0 nitrogen and oxygen atoms in total. The molecule has 162 valence electrons. The van der Waals surface area contributed by atoms with E-state index in [1.807, 2.05) is 0 Å². The van der Waals surface area contributed by atoms with Crippen molar-refractivity contribution in [3.63, 3.8) is 0 Å². The molecule has 10 unspecified atom stereocenters. The van der Waals surface area contributed by atoms with Gasteiger partial charge in [-0.3, -0.25) is 0 Å². The second-order valence-electron chi connectivity index (χ2n) is 9.83. The number of rotatable bonds is 4. The summed E-state index contributed by atoms with van der Waals surface area (Å²) in [5.41, 5.74) is 2.69. The van der Waals surface area contributed by atoms with Crippen molar-refractivity contribution in [1.29, 1.82) is 0 Å². The summed E-state index contributed by atoms with van der Waals surface area (Å²) in [6.07, 6.45) is 11.1. The molecule has 0 saturated heterocycles. The molecular formula is C24H24Br4Cl2. The van der Waals surface area contributed by atoms with E-state index < -0.39 is 0 Å². The van der Waals surface area contributed by atoms with Crippen LogP contribution in [0.4, 0.5) is 0 Å². The lowest BCUT2D eigenvalue weighted by Crippen LogP contribution is -2.37. The fourth-order valence-electron chi connectivity index (χ4n) is 6.40. The first-order valence-electron chi connectivity index (χ1n) is 10.5. The summed E-state index contributed by atoms with van der Waals surface area (Å²) in [6, 6.07) is 9.18. The number of halogens is 6. The highest BCUT2D eigenvalue weighted by molar-refractivity contribution is 9.11. The molecule has 6 heteroatoms. The lowest BCUT2D eigenvalue weighted by Gasteiger charge is -2.37. The van der Waals surface area contributed by atoms with Crippen molar-refractivity contribution in [2.45, 2.75) is 66.6 Å². The second kappa shape index (κ2) is 7.35. The maximum Gasteiger partial charge on any atom is 0.0620 e. The molecule has 0 N–H and O–H groups in total. The molecule has 0 aliphatic heterocycles. The number of fused-ring (bicyclic) bond motifs is 4. The first-order chi connectivity index (χ1) is 13.9. The van der Waals surface area contributed by atoms with Gasteiger partial charge in [0.25, 0.3) is 0 Å². The maximum atomic E-state index is 6.94. The summed E-state index contributed by atoms with van der Waals surface area (Å²) in [5, 5.41) is 0.133. The Morgan fingerprint density at radius 2 is 0.967 bits per heavy atom. The Hall–Kier alpha value is 1.20. The minimum Gasteiger partial charge on any atom is -0.121 e. The van der Waals surface area contributed by atoms with Gasteiger partial charge in [0.05, 0.1) is 28.1 Å². The van der Waals surface area contributed by atoms with E-state index in [9.17, 15) is 0 Å². The predicted octanol–water partition coefficient (Wildman–Crippen LogP) is 8.82. The summed E-state index contributed by atoms with van der Waals surface area (Å²) < 4.78 is -0.234. The van der Waals surface area contributed by atoms with Gasteiger partial charge < -0.3 is 0 Å². The molecule has 0 aromatic heterocycles. The molecule has 2 fully saturated rings. The molecule has 4 aliphatic carbocycles. The van der Waals surface area contributed by atoms with E-state index in [-0.39, 0.29) is 28.1 Å². The van der Waals surface area contributed by atoms with Gasteiger partial charge >= 0.3 is 0 Å². The fourth-order valence-corrected chi connectivity index (χ4v) is 12.9. The standard InChI is InChI=1S/C24H24Br4Cl2/c1-13(17-19(29)23(27)9-7-21(17,25)11-23)15-3-5-16(6-4-15)14(2)18-20(30)24(28)10-8-22(18,26)12-24/h3-10,13-14,17-20H,11-12H2,1-2H3. The molecule has 2 saturated carbocycles. The lowest BCUT2D eigenvalue weighted by atomic mass is 9.76. The average Bonchev–Trinajstić information content (AvgIpc) is 3.31. The van der Waals surface area contributed by atoms with Crippen LogP contribution in [0.5, 0.6) is 0 Å². The quantitative estimate of drug-likeness (QED) is 0.217. The van der Waals surface area contributed by atoms with E-state index in [0.29, 0.717) is 23.7 Å². The zero-order valence-corrected chi connectivity index (χ0v) is 24.6. The minimum atomic E-state index is -0.0913. The molecule has 10 atom stereocenters. The molecule has 0 radical (unpaired) electrons. The third-order valence-corrected chi connectivity index (χ3v) is 14.2. The minimum absolute atomic E-state index is 0.0257. The Labute approximate surface area is 223 Å². The van der Waals surface area contributed by atoms with Crippen LogP contribution in [0.3, 0.4) is 0 Å². The Morgan fingerprint density at radius 1 is 0.667 bits per heavy atom. The smallest absolute Gasteiger partial charge is 0.0620 e. The van der Waals surface area contributed by atoms with Crippen LogP contribution in [-0.4, -0.2) is 28.1 Å². The number of alkyl halides is 6. The van der Waals surface area contributed by atoms with E-state index in [4.69, 9.17) is 23.2 Å². The van der Waals surface area contributed by atoms with Gasteiger partial charge in [0.2, 0.25) is 0 Å². The molecule has 1 aromatic carbocycles. The van der Waals surface area contributed by atoms with Crippen molar-refractivity contribution in [2.24, 2.45) is 11.8 Å². The van der Waals surface area contributed by atoms with Gasteiger partial charge in [0, 0.05) is 11.8 Å². The van der Waals surface area contributed by atoms with Crippen molar-refractivity contribution >= 4 is 86.9 Å². The molecule has 30 heavy (non-hydrogen) atoms. The van der Waals surface area contributed by atoms with Gasteiger partial charge in [0.15, 0.2) is 0 Å². The number of benzene rings is 1. The first kappa shape index (κ1) is 23.0. The third kappa shape index (κ3) is 3.20. The Morgan fingerprint density at radius 3 is 1.23 bits per heavy atom. The lowest BCUT2D eigenvalue weighted by molar-refractivity contribution is 0.418. The van der Waals surface area contributed by atoms with E-state index in [0.717, 1.165) is 12.8 Å². The molecule has 0 amide bonds. The summed E-state index contributed by atoms with van der Waals surface area (Å²) in [5.74, 6) is 1.41. The van der Waals surface area contributed by atoms with Crippen molar-refractivity contribution in [1.82, 2.24) is 0 Å². The van der Waals surface area contributed by atoms with Crippen LogP contribution in [0.2, 0.25) is 0 Å². The van der Waals surface area contributed by atoms with Crippen molar-refractivity contribution < 1.29 is 0 Å². The van der Waals surface area contributed by atoms with Crippen LogP contribution in [0.15, 0.2) is 48.6 Å². The molecule has 1 aromatic rings. The Bertz CT molecular complexity index is 857. The zero-order valence-electron chi connectivity index (χ0n) is 16.8. The van der Waals surface area contributed by atoms with Gasteiger partial charge in [-0.1, -0.05) is 126 Å². The van der Waals surface area contributed by atoms with E-state index in [1.54, 1.807) is 0 Å². The molecule has 0 spiro atoms. The number of hydrogen-bond donors (Lipinski definition) is 0. The van der Waals surface area contributed by atoms with Gasteiger partial charge in [-0.15, -0.1) is 23.2 Å². The number of hydrogen-bond acceptors (Lipinski definition) is 0. The van der Waals surface area contributed by atoms with Crippen LogP contribution in [0.25, 0.3) is 0 Å². The summed E-state index contributed by atoms with van der Waals surface area (Å²) in [7, 11) is 0. The second-order valence-corrected chi connectivity index (χ2v) is 16.7. The highest BCUT2D eigenvalue weighted by atomic mass is 79.9. The van der Waals surface area contributed by atoms with Gasteiger partial charge in [0.1, 0.15) is 0 Å². The van der Waals surface area contributed by atoms with Gasteiger partial charge in [-0.05, 0) is 35.8 Å². The van der Waals surface area contributed by atoms with Crippen molar-refractivity contribution in [3.05, 3.63) is 59.7 Å². The molecule has 0 heterocycles. The molecule has 4 aliphatic rings. The highest BCUT2D eigenvalue weighted by Crippen LogP contribution is 2.64. The third-order valence-electron chi connectivity index (χ3n) is 8.08. The van der Waals surface area contributed by atoms with Crippen LogP contribution >= 0.6 is 86.9 Å². The van der Waals surface area contributed by atoms with E-state index >= 15 is 0 Å². The van der Waals surface area contributed by atoms with Crippen molar-refractivity contribution in [2.75, 3.05) is 0 Å². The van der Waals surface area contributed by atoms with Gasteiger partial charge in [-0.2, -0.15) is 0 Å². The highest BCUT2D eigenvalue weighted by Gasteiger charge is 2.63. The van der Waals surface area contributed by atoms with Crippen LogP contribution in [0, 0.1) is 11.8 Å². The van der Waals surface area contributed by atoms with Crippen molar-refractivity contribution in [3.8, 4) is 0 Å². The first-order valence-corrected chi connectivity index (χ1v) is 14.5. The van der Waals surface area contributed by atoms with E-state index in [2.05, 4.69) is 126 Å². The molecule has 4 bridgehead atoms. The predicted molar refractivity (Wildman–Crippen MR) is 144 cm³/mol. The number of allylic oxidation sites excluding steroid dienone is 4. The Kier molecular flexibility index (Phi) is 5.62. The maximum absolute atomic E-state index is 6.94. The average molecular weight is 703 g/mol. The molecule has 5 rings (SSSR count). The Balaban J connectivity index is 1.38. The van der Waals surface area contributed by atoms with Crippen LogP contribution in [-0.2, 0) is 0 Å². The largest absolute Gasteiger partial charge is 0.121 e. The topological polar surface area (TPSA) is 0 Å². The van der Waals surface area contributed by atoms with Gasteiger partial charge in [-0.25, -0.2) is 0 Å². The monoisotopic (exact) mass is 698 g/mol.